The third kappa shape index (κ3) is 3.79. The maximum atomic E-state index is 11.9. The highest BCUT2D eigenvalue weighted by Crippen LogP contribution is 2.23. The molecular formula is C14H12BrN3O3. The molecule has 2 amide bonds. The molecule has 108 valence electrons. The van der Waals surface area contributed by atoms with Crippen LogP contribution < -0.4 is 10.6 Å². The summed E-state index contributed by atoms with van der Waals surface area (Å²) in [4.78, 5) is 26.3. The molecule has 2 rings (SSSR count). The predicted molar refractivity (Wildman–Crippen MR) is 82.7 cm³/mol. The lowest BCUT2D eigenvalue weighted by Crippen LogP contribution is -2.20. The Morgan fingerprint density at radius 2 is 1.95 bits per heavy atom. The molecule has 0 aliphatic rings. The zero-order valence-corrected chi connectivity index (χ0v) is 12.6. The summed E-state index contributed by atoms with van der Waals surface area (Å²) in [6, 6.07) is 7.85. The third-order valence-corrected chi connectivity index (χ3v) is 3.62. The van der Waals surface area contributed by atoms with E-state index in [1.54, 1.807) is 6.07 Å². The topological polar surface area (TPSA) is 91.3 Å². The summed E-state index contributed by atoms with van der Waals surface area (Å²) in [7, 11) is 0. The first-order valence-electron chi connectivity index (χ1n) is 6.00. The van der Waals surface area contributed by atoms with Gasteiger partial charge in [-0.1, -0.05) is 22.0 Å². The zero-order valence-electron chi connectivity index (χ0n) is 11.1. The number of aromatic nitrogens is 1. The van der Waals surface area contributed by atoms with Crippen molar-refractivity contribution in [2.24, 2.45) is 0 Å². The Bertz CT molecular complexity index is 686. The van der Waals surface area contributed by atoms with Gasteiger partial charge in [-0.05, 0) is 36.8 Å². The van der Waals surface area contributed by atoms with Crippen molar-refractivity contribution in [1.29, 1.82) is 0 Å². The highest BCUT2D eigenvalue weighted by atomic mass is 79.9. The molecule has 0 saturated heterocycles. The lowest BCUT2D eigenvalue weighted by molar-refractivity contribution is 0.0690. The normalized spacial score (nSPS) is 10.0. The molecule has 1 aromatic heterocycles. The van der Waals surface area contributed by atoms with Gasteiger partial charge < -0.3 is 15.7 Å². The number of aromatic carboxylic acids is 1. The molecule has 0 aliphatic heterocycles. The molecule has 0 radical (unpaired) electrons. The van der Waals surface area contributed by atoms with Gasteiger partial charge in [0, 0.05) is 10.2 Å². The predicted octanol–water partition coefficient (Wildman–Crippen LogP) is 3.49. The molecule has 6 nitrogen and oxygen atoms in total. The second-order valence-electron chi connectivity index (χ2n) is 4.23. The molecule has 0 aliphatic carbocycles. The van der Waals surface area contributed by atoms with Gasteiger partial charge >= 0.3 is 12.0 Å². The standard InChI is InChI=1S/C14H12BrN3O3/c1-8-10(15)3-2-4-11(8)18-14(21)17-9-5-6-12(13(19)20)16-7-9/h2-7H,1H3,(H,19,20)(H2,17,18,21). The summed E-state index contributed by atoms with van der Waals surface area (Å²) in [6.07, 6.45) is 1.29. The first kappa shape index (κ1) is 15.0. The second-order valence-corrected chi connectivity index (χ2v) is 5.08. The first-order chi connectivity index (χ1) is 9.97. The lowest BCUT2D eigenvalue weighted by Gasteiger charge is -2.10. The Balaban J connectivity index is 2.04. The van der Waals surface area contributed by atoms with Gasteiger partial charge in [-0.15, -0.1) is 0 Å². The van der Waals surface area contributed by atoms with Crippen LogP contribution >= 0.6 is 15.9 Å². The maximum absolute atomic E-state index is 11.9. The highest BCUT2D eigenvalue weighted by Gasteiger charge is 2.08. The van der Waals surface area contributed by atoms with Crippen LogP contribution in [-0.4, -0.2) is 22.1 Å². The largest absolute Gasteiger partial charge is 0.477 e. The number of carbonyl (C=O) groups is 2. The number of anilines is 2. The Labute approximate surface area is 129 Å². The van der Waals surface area contributed by atoms with Crippen LogP contribution in [0.15, 0.2) is 41.0 Å². The summed E-state index contributed by atoms with van der Waals surface area (Å²) in [5, 5.41) is 14.0. The average molecular weight is 350 g/mol. The van der Waals surface area contributed by atoms with Crippen LogP contribution in [-0.2, 0) is 0 Å². The molecule has 0 atom stereocenters. The summed E-state index contributed by atoms with van der Waals surface area (Å²) in [5.74, 6) is -1.12. The molecular weight excluding hydrogens is 338 g/mol. The number of pyridine rings is 1. The number of hydrogen-bond acceptors (Lipinski definition) is 3. The highest BCUT2D eigenvalue weighted by molar-refractivity contribution is 9.10. The van der Waals surface area contributed by atoms with Gasteiger partial charge in [0.05, 0.1) is 11.9 Å². The van der Waals surface area contributed by atoms with E-state index in [0.29, 0.717) is 11.4 Å². The van der Waals surface area contributed by atoms with Crippen molar-refractivity contribution in [1.82, 2.24) is 4.98 Å². The first-order valence-corrected chi connectivity index (χ1v) is 6.79. The number of nitrogens with one attached hydrogen (secondary N) is 2. The van der Waals surface area contributed by atoms with Gasteiger partial charge in [0.15, 0.2) is 0 Å². The molecule has 2 aromatic rings. The van der Waals surface area contributed by atoms with E-state index in [-0.39, 0.29) is 5.69 Å². The van der Waals surface area contributed by atoms with Crippen LogP contribution in [0.5, 0.6) is 0 Å². The molecule has 0 saturated carbocycles. The van der Waals surface area contributed by atoms with Gasteiger partial charge in [0.25, 0.3) is 0 Å². The van der Waals surface area contributed by atoms with Gasteiger partial charge in [0.2, 0.25) is 0 Å². The number of carbonyl (C=O) groups excluding carboxylic acids is 1. The molecule has 7 heteroatoms. The van der Waals surface area contributed by atoms with E-state index in [9.17, 15) is 9.59 Å². The fourth-order valence-corrected chi connectivity index (χ4v) is 1.99. The van der Waals surface area contributed by atoms with Crippen molar-refractivity contribution in [3.05, 3.63) is 52.3 Å². The quantitative estimate of drug-likeness (QED) is 0.790. The number of amides is 2. The van der Waals surface area contributed by atoms with E-state index in [4.69, 9.17) is 5.11 Å². The van der Waals surface area contributed by atoms with Gasteiger partial charge in [-0.25, -0.2) is 14.6 Å². The van der Waals surface area contributed by atoms with Gasteiger partial charge in [-0.2, -0.15) is 0 Å². The number of rotatable bonds is 3. The summed E-state index contributed by atoms with van der Waals surface area (Å²) >= 11 is 3.39. The van der Waals surface area contributed by atoms with Crippen molar-refractivity contribution in [3.8, 4) is 0 Å². The van der Waals surface area contributed by atoms with E-state index < -0.39 is 12.0 Å². The number of carboxylic acid groups (broad SMARTS) is 1. The van der Waals surface area contributed by atoms with Crippen LogP contribution in [0.2, 0.25) is 0 Å². The lowest BCUT2D eigenvalue weighted by atomic mass is 10.2. The number of benzene rings is 1. The summed E-state index contributed by atoms with van der Waals surface area (Å²) in [6.45, 7) is 1.88. The molecule has 0 spiro atoms. The summed E-state index contributed by atoms with van der Waals surface area (Å²) in [5.41, 5.74) is 1.91. The molecule has 0 bridgehead atoms. The van der Waals surface area contributed by atoms with Gasteiger partial charge in [-0.3, -0.25) is 0 Å². The van der Waals surface area contributed by atoms with Crippen LogP contribution in [0.3, 0.4) is 0 Å². The van der Waals surface area contributed by atoms with Gasteiger partial charge in [0.1, 0.15) is 5.69 Å². The Hall–Kier alpha value is -2.41. The number of nitrogens with zero attached hydrogens (tertiary/aromatic N) is 1. The number of urea groups is 1. The van der Waals surface area contributed by atoms with Crippen LogP contribution in [0.25, 0.3) is 0 Å². The average Bonchev–Trinajstić information content (AvgIpc) is 2.44. The van der Waals surface area contributed by atoms with Crippen molar-refractivity contribution >= 4 is 39.3 Å². The Kier molecular flexibility index (Phi) is 4.54. The fourth-order valence-electron chi connectivity index (χ4n) is 1.62. The van der Waals surface area contributed by atoms with Crippen LogP contribution in [0.1, 0.15) is 16.1 Å². The molecule has 3 N–H and O–H groups in total. The van der Waals surface area contributed by atoms with E-state index >= 15 is 0 Å². The number of halogens is 1. The van der Waals surface area contributed by atoms with Crippen LogP contribution in [0, 0.1) is 6.92 Å². The van der Waals surface area contributed by atoms with Crippen molar-refractivity contribution in [3.63, 3.8) is 0 Å². The fraction of sp³-hybridized carbons (Fsp3) is 0.0714. The minimum absolute atomic E-state index is 0.0798. The second kappa shape index (κ2) is 6.36. The van der Waals surface area contributed by atoms with Crippen molar-refractivity contribution in [2.45, 2.75) is 6.92 Å². The van der Waals surface area contributed by atoms with E-state index in [1.165, 1.54) is 18.3 Å². The van der Waals surface area contributed by atoms with Crippen molar-refractivity contribution < 1.29 is 14.7 Å². The number of hydrogen-bond donors (Lipinski definition) is 3. The third-order valence-electron chi connectivity index (χ3n) is 2.76. The Morgan fingerprint density at radius 1 is 1.19 bits per heavy atom. The monoisotopic (exact) mass is 349 g/mol. The molecule has 21 heavy (non-hydrogen) atoms. The minimum atomic E-state index is -1.12. The Morgan fingerprint density at radius 3 is 2.57 bits per heavy atom. The number of carboxylic acids is 1. The molecule has 0 unspecified atom stereocenters. The molecule has 0 fully saturated rings. The van der Waals surface area contributed by atoms with Crippen LogP contribution in [0.4, 0.5) is 16.2 Å². The molecule has 1 aromatic carbocycles. The molecule has 1 heterocycles. The van der Waals surface area contributed by atoms with E-state index in [2.05, 4.69) is 31.5 Å². The van der Waals surface area contributed by atoms with E-state index in [0.717, 1.165) is 10.0 Å². The van der Waals surface area contributed by atoms with Crippen molar-refractivity contribution in [2.75, 3.05) is 10.6 Å². The maximum Gasteiger partial charge on any atom is 0.354 e. The van der Waals surface area contributed by atoms with E-state index in [1.807, 2.05) is 19.1 Å². The zero-order chi connectivity index (χ0) is 15.4. The SMILES string of the molecule is Cc1c(Br)cccc1NC(=O)Nc1ccc(C(=O)O)nc1. The minimum Gasteiger partial charge on any atom is -0.477 e. The summed E-state index contributed by atoms with van der Waals surface area (Å²) < 4.78 is 0.896. The smallest absolute Gasteiger partial charge is 0.354 e.